The van der Waals surface area contributed by atoms with Gasteiger partial charge in [0.25, 0.3) is 0 Å². The van der Waals surface area contributed by atoms with Crippen LogP contribution in [-0.2, 0) is 6.42 Å². The number of benzene rings is 1. The topological polar surface area (TPSA) is 39.2 Å². The first kappa shape index (κ1) is 12.9. The van der Waals surface area contributed by atoms with Crippen LogP contribution in [0.3, 0.4) is 0 Å². The fourth-order valence-corrected chi connectivity index (χ4v) is 1.69. The second-order valence-electron chi connectivity index (χ2n) is 3.30. The fourth-order valence-electron chi connectivity index (χ4n) is 1.51. The molecule has 0 aliphatic rings. The predicted molar refractivity (Wildman–Crippen MR) is 74.2 cm³/mol. The quantitative estimate of drug-likeness (QED) is 0.885. The lowest BCUT2D eigenvalue weighted by Gasteiger charge is -2.00. The van der Waals surface area contributed by atoms with Crippen molar-refractivity contribution in [2.75, 3.05) is 0 Å². The van der Waals surface area contributed by atoms with E-state index in [1.165, 1.54) is 5.56 Å². The van der Waals surface area contributed by atoms with Gasteiger partial charge in [0.1, 0.15) is 4.99 Å². The van der Waals surface area contributed by atoms with Crippen LogP contribution in [0.2, 0.25) is 0 Å². The van der Waals surface area contributed by atoms with Crippen molar-refractivity contribution in [3.63, 3.8) is 0 Å². The normalized spacial score (nSPS) is 9.50. The number of hydrogen-bond donors (Lipinski definition) is 1. The molecule has 0 amide bonds. The van der Waals surface area contributed by atoms with Gasteiger partial charge in [0, 0.05) is 12.0 Å². The molecule has 0 spiro atoms. The highest BCUT2D eigenvalue weighted by atomic mass is 79.9. The molecule has 0 saturated carbocycles. The van der Waals surface area contributed by atoms with Gasteiger partial charge in [-0.05, 0) is 11.6 Å². The lowest BCUT2D eigenvalue weighted by molar-refractivity contribution is 0.555. The molecule has 0 saturated heterocycles. The summed E-state index contributed by atoms with van der Waals surface area (Å²) in [7, 11) is 0. The Hall–Kier alpha value is -1.13. The standard InChI is InChI=1S/C12H11NOS.BrH/c13-12(15)11-10(6-7-14-11)8-9-4-2-1-3-5-9;/h1-7H,8H2,(H2,13,15);1H. The summed E-state index contributed by atoms with van der Waals surface area (Å²) >= 11 is 4.90. The number of thiocarbonyl (C=S) groups is 1. The van der Waals surface area contributed by atoms with Gasteiger partial charge in [0.05, 0.1) is 6.26 Å². The molecule has 0 bridgehead atoms. The van der Waals surface area contributed by atoms with Crippen molar-refractivity contribution >= 4 is 34.2 Å². The maximum Gasteiger partial charge on any atom is 0.164 e. The van der Waals surface area contributed by atoms with Gasteiger partial charge in [-0.15, -0.1) is 17.0 Å². The van der Waals surface area contributed by atoms with E-state index in [9.17, 15) is 0 Å². The zero-order chi connectivity index (χ0) is 10.7. The van der Waals surface area contributed by atoms with Crippen LogP contribution in [0.1, 0.15) is 16.9 Å². The summed E-state index contributed by atoms with van der Waals surface area (Å²) in [6, 6.07) is 12.0. The fraction of sp³-hybridized carbons (Fsp3) is 0.0833. The van der Waals surface area contributed by atoms with Crippen LogP contribution in [0, 0.1) is 0 Å². The average Bonchev–Trinajstić information content (AvgIpc) is 2.67. The van der Waals surface area contributed by atoms with Crippen LogP contribution in [0.25, 0.3) is 0 Å². The van der Waals surface area contributed by atoms with Gasteiger partial charge in [0.2, 0.25) is 0 Å². The Labute approximate surface area is 110 Å². The predicted octanol–water partition coefficient (Wildman–Crippen LogP) is 3.08. The molecule has 2 nitrogen and oxygen atoms in total. The number of halogens is 1. The largest absolute Gasteiger partial charge is 0.462 e. The van der Waals surface area contributed by atoms with Crippen LogP contribution < -0.4 is 5.73 Å². The summed E-state index contributed by atoms with van der Waals surface area (Å²) in [5.41, 5.74) is 7.81. The van der Waals surface area contributed by atoms with E-state index in [-0.39, 0.29) is 17.0 Å². The number of rotatable bonds is 3. The second kappa shape index (κ2) is 5.82. The Morgan fingerprint density at radius 3 is 2.50 bits per heavy atom. The SMILES string of the molecule is Br.NC(=S)c1occc1Cc1ccccc1. The van der Waals surface area contributed by atoms with E-state index >= 15 is 0 Å². The summed E-state index contributed by atoms with van der Waals surface area (Å²) in [5.74, 6) is 0.619. The van der Waals surface area contributed by atoms with Crippen LogP contribution in [-0.4, -0.2) is 4.99 Å². The third kappa shape index (κ3) is 2.93. The molecule has 0 fully saturated rings. The van der Waals surface area contributed by atoms with E-state index in [0.29, 0.717) is 10.7 Å². The van der Waals surface area contributed by atoms with E-state index in [0.717, 1.165) is 12.0 Å². The van der Waals surface area contributed by atoms with Gasteiger partial charge < -0.3 is 10.2 Å². The van der Waals surface area contributed by atoms with E-state index in [4.69, 9.17) is 22.4 Å². The molecule has 16 heavy (non-hydrogen) atoms. The highest BCUT2D eigenvalue weighted by Crippen LogP contribution is 2.15. The van der Waals surface area contributed by atoms with Crippen molar-refractivity contribution in [1.82, 2.24) is 0 Å². The Kier molecular flexibility index (Phi) is 4.71. The lowest BCUT2D eigenvalue weighted by Crippen LogP contribution is -2.10. The molecule has 0 radical (unpaired) electrons. The number of nitrogens with two attached hydrogens (primary N) is 1. The molecule has 0 aliphatic heterocycles. The average molecular weight is 298 g/mol. The maximum atomic E-state index is 5.55. The molecular weight excluding hydrogens is 286 g/mol. The molecule has 2 N–H and O–H groups in total. The molecule has 0 atom stereocenters. The molecule has 1 heterocycles. The Morgan fingerprint density at radius 1 is 1.19 bits per heavy atom. The van der Waals surface area contributed by atoms with Gasteiger partial charge in [-0.1, -0.05) is 42.5 Å². The van der Waals surface area contributed by atoms with Crippen molar-refractivity contribution in [2.24, 2.45) is 5.73 Å². The Morgan fingerprint density at radius 2 is 1.88 bits per heavy atom. The minimum Gasteiger partial charge on any atom is -0.462 e. The van der Waals surface area contributed by atoms with Crippen LogP contribution in [0.15, 0.2) is 47.1 Å². The first-order valence-corrected chi connectivity index (χ1v) is 5.08. The Bertz CT molecular complexity index is 467. The molecule has 0 unspecified atom stereocenters. The monoisotopic (exact) mass is 297 g/mol. The first-order chi connectivity index (χ1) is 7.27. The zero-order valence-corrected chi connectivity index (χ0v) is 11.1. The summed E-state index contributed by atoms with van der Waals surface area (Å²) < 4.78 is 5.23. The van der Waals surface area contributed by atoms with Crippen LogP contribution in [0.4, 0.5) is 0 Å². The molecule has 4 heteroatoms. The molecular formula is C12H12BrNOS. The minimum absolute atomic E-state index is 0. The van der Waals surface area contributed by atoms with E-state index in [2.05, 4.69) is 12.1 Å². The highest BCUT2D eigenvalue weighted by Gasteiger charge is 2.08. The van der Waals surface area contributed by atoms with Crippen molar-refractivity contribution in [2.45, 2.75) is 6.42 Å². The third-order valence-corrected chi connectivity index (χ3v) is 2.39. The van der Waals surface area contributed by atoms with Crippen molar-refractivity contribution in [3.8, 4) is 0 Å². The third-order valence-electron chi connectivity index (χ3n) is 2.21. The summed E-state index contributed by atoms with van der Waals surface area (Å²) in [4.78, 5) is 0.311. The van der Waals surface area contributed by atoms with Crippen molar-refractivity contribution in [1.29, 1.82) is 0 Å². The van der Waals surface area contributed by atoms with E-state index in [1.807, 2.05) is 24.3 Å². The van der Waals surface area contributed by atoms with Gasteiger partial charge in [-0.25, -0.2) is 0 Å². The maximum absolute atomic E-state index is 5.55. The molecule has 84 valence electrons. The van der Waals surface area contributed by atoms with Gasteiger partial charge in [-0.2, -0.15) is 0 Å². The Balaban J connectivity index is 0.00000128. The van der Waals surface area contributed by atoms with Gasteiger partial charge in [0.15, 0.2) is 5.76 Å². The molecule has 0 aliphatic carbocycles. The van der Waals surface area contributed by atoms with Gasteiger partial charge in [-0.3, -0.25) is 0 Å². The number of furan rings is 1. The number of hydrogen-bond acceptors (Lipinski definition) is 2. The second-order valence-corrected chi connectivity index (χ2v) is 3.74. The molecule has 2 rings (SSSR count). The van der Waals surface area contributed by atoms with Crippen molar-refractivity contribution < 1.29 is 4.42 Å². The van der Waals surface area contributed by atoms with Crippen LogP contribution >= 0.6 is 29.2 Å². The lowest BCUT2D eigenvalue weighted by atomic mass is 10.1. The molecule has 1 aromatic heterocycles. The first-order valence-electron chi connectivity index (χ1n) is 4.67. The van der Waals surface area contributed by atoms with E-state index < -0.39 is 0 Å². The van der Waals surface area contributed by atoms with Crippen LogP contribution in [0.5, 0.6) is 0 Å². The smallest absolute Gasteiger partial charge is 0.164 e. The summed E-state index contributed by atoms with van der Waals surface area (Å²) in [5, 5.41) is 0. The molecule has 1 aromatic carbocycles. The van der Waals surface area contributed by atoms with Crippen molar-refractivity contribution in [3.05, 3.63) is 59.5 Å². The summed E-state index contributed by atoms with van der Waals surface area (Å²) in [6.45, 7) is 0. The zero-order valence-electron chi connectivity index (χ0n) is 8.55. The summed E-state index contributed by atoms with van der Waals surface area (Å²) in [6.07, 6.45) is 2.41. The minimum atomic E-state index is 0. The van der Waals surface area contributed by atoms with E-state index in [1.54, 1.807) is 6.26 Å². The van der Waals surface area contributed by atoms with Gasteiger partial charge >= 0.3 is 0 Å². The highest BCUT2D eigenvalue weighted by molar-refractivity contribution is 8.93. The molecule has 2 aromatic rings.